The lowest BCUT2D eigenvalue weighted by molar-refractivity contribution is 0.301. The smallest absolute Gasteiger partial charge is 0.246 e. The number of methoxy groups -OCH3 is 1. The summed E-state index contributed by atoms with van der Waals surface area (Å²) in [5.74, 6) is 2.26. The molecule has 9 heteroatoms. The fourth-order valence-corrected chi connectivity index (χ4v) is 5.91. The Morgan fingerprint density at radius 2 is 1.87 bits per heavy atom. The molecule has 0 radical (unpaired) electrons. The van der Waals surface area contributed by atoms with Crippen LogP contribution >= 0.6 is 0 Å². The first-order valence-corrected chi connectivity index (χ1v) is 11.8. The van der Waals surface area contributed by atoms with Crippen molar-refractivity contribution in [1.29, 1.82) is 0 Å². The van der Waals surface area contributed by atoms with Crippen LogP contribution in [0, 0.1) is 0 Å². The minimum absolute atomic E-state index is 0.158. The number of nitrogens with one attached hydrogen (secondary N) is 1. The maximum atomic E-state index is 13.1. The maximum absolute atomic E-state index is 13.1. The normalized spacial score (nSPS) is 18.8. The molecule has 0 saturated carbocycles. The number of piperidine rings is 1. The van der Waals surface area contributed by atoms with Gasteiger partial charge in [-0.05, 0) is 32.0 Å². The van der Waals surface area contributed by atoms with Crippen molar-refractivity contribution in [3.05, 3.63) is 41.3 Å². The first kappa shape index (κ1) is 21.0. The van der Waals surface area contributed by atoms with Gasteiger partial charge in [0.25, 0.3) is 0 Å². The van der Waals surface area contributed by atoms with Gasteiger partial charge >= 0.3 is 0 Å². The first-order valence-electron chi connectivity index (χ1n) is 10.3. The molecule has 0 amide bonds. The van der Waals surface area contributed by atoms with Gasteiger partial charge in [0.05, 0.1) is 12.8 Å². The van der Waals surface area contributed by atoms with Crippen LogP contribution in [0.2, 0.25) is 0 Å². The summed E-state index contributed by atoms with van der Waals surface area (Å²) in [6, 6.07) is 6.77. The number of hydrogen-bond acceptors (Lipinski definition) is 7. The largest absolute Gasteiger partial charge is 0.495 e. The molecule has 1 aromatic heterocycles. The molecule has 2 aromatic rings. The molecule has 8 nitrogen and oxygen atoms in total. The molecule has 0 spiro atoms. The van der Waals surface area contributed by atoms with E-state index in [0.717, 1.165) is 36.8 Å². The van der Waals surface area contributed by atoms with E-state index in [0.29, 0.717) is 31.7 Å². The van der Waals surface area contributed by atoms with Gasteiger partial charge in [0.2, 0.25) is 10.0 Å². The Morgan fingerprint density at radius 1 is 1.13 bits per heavy atom. The summed E-state index contributed by atoms with van der Waals surface area (Å²) in [6.07, 6.45) is 2.32. The van der Waals surface area contributed by atoms with E-state index in [9.17, 15) is 8.42 Å². The molecule has 1 N–H and O–H groups in total. The molecule has 2 aliphatic heterocycles. The van der Waals surface area contributed by atoms with E-state index >= 15 is 0 Å². The Morgan fingerprint density at radius 3 is 2.57 bits per heavy atom. The standard InChI is InChI=1S/C21H29N5O3S/c1-22-21-16-14-25(2)11-10-17(16)23-20(24-21)15-8-12-26(13-9-15)30(27,28)19-7-5-4-6-18(19)29-3/h4-7,15H,8-14H2,1-3H3,(H,22,23,24). The number of likely N-dealkylation sites (N-methyl/N-ethyl adjacent to an activating group) is 1. The van der Waals surface area contributed by atoms with Crippen molar-refractivity contribution in [1.82, 2.24) is 19.2 Å². The SMILES string of the molecule is CNc1nc(C2CCN(S(=O)(=O)c3ccccc3OC)CC2)nc2c1CN(C)CC2. The van der Waals surface area contributed by atoms with Gasteiger partial charge in [0.1, 0.15) is 22.3 Å². The number of hydrogen-bond donors (Lipinski definition) is 1. The Labute approximate surface area is 178 Å². The number of ether oxygens (including phenoxy) is 1. The Bertz CT molecular complexity index is 1000. The zero-order valence-electron chi connectivity index (χ0n) is 17.8. The quantitative estimate of drug-likeness (QED) is 0.775. The summed E-state index contributed by atoms with van der Waals surface area (Å²) in [4.78, 5) is 12.2. The van der Waals surface area contributed by atoms with Crippen molar-refractivity contribution in [2.75, 3.05) is 46.2 Å². The van der Waals surface area contributed by atoms with Crippen molar-refractivity contribution in [3.8, 4) is 5.75 Å². The highest BCUT2D eigenvalue weighted by atomic mass is 32.2. The fraction of sp³-hybridized carbons (Fsp3) is 0.524. The van der Waals surface area contributed by atoms with Crippen LogP contribution in [0.15, 0.2) is 29.2 Å². The van der Waals surface area contributed by atoms with Crippen LogP contribution in [0.3, 0.4) is 0 Å². The number of sulfonamides is 1. The average Bonchev–Trinajstić information content (AvgIpc) is 2.78. The van der Waals surface area contributed by atoms with Crippen LogP contribution < -0.4 is 10.1 Å². The second-order valence-corrected chi connectivity index (χ2v) is 9.83. The molecule has 162 valence electrons. The van der Waals surface area contributed by atoms with Crippen LogP contribution in [0.25, 0.3) is 0 Å². The van der Waals surface area contributed by atoms with Crippen molar-refractivity contribution < 1.29 is 13.2 Å². The van der Waals surface area contributed by atoms with Gasteiger partial charge in [0.15, 0.2) is 0 Å². The molecular weight excluding hydrogens is 402 g/mol. The lowest BCUT2D eigenvalue weighted by atomic mass is 9.96. The van der Waals surface area contributed by atoms with E-state index in [-0.39, 0.29) is 10.8 Å². The number of para-hydroxylation sites is 1. The molecule has 0 bridgehead atoms. The number of benzene rings is 1. The third-order valence-electron chi connectivity index (χ3n) is 6.01. The summed E-state index contributed by atoms with van der Waals surface area (Å²) in [7, 11) is 1.89. The third-order valence-corrected chi connectivity index (χ3v) is 7.95. The van der Waals surface area contributed by atoms with Gasteiger partial charge in [0, 0.05) is 51.1 Å². The van der Waals surface area contributed by atoms with E-state index in [1.165, 1.54) is 12.7 Å². The molecule has 0 aliphatic carbocycles. The second-order valence-electron chi connectivity index (χ2n) is 7.92. The third kappa shape index (κ3) is 3.89. The van der Waals surface area contributed by atoms with Crippen LogP contribution in [0.4, 0.5) is 5.82 Å². The summed E-state index contributed by atoms with van der Waals surface area (Å²) in [6.45, 7) is 2.73. The zero-order valence-corrected chi connectivity index (χ0v) is 18.6. The highest BCUT2D eigenvalue weighted by Gasteiger charge is 2.33. The molecule has 30 heavy (non-hydrogen) atoms. The number of rotatable bonds is 5. The molecule has 1 aromatic carbocycles. The highest BCUT2D eigenvalue weighted by Crippen LogP contribution is 2.33. The monoisotopic (exact) mass is 431 g/mol. The van der Waals surface area contributed by atoms with Gasteiger partial charge in [-0.3, -0.25) is 0 Å². The van der Waals surface area contributed by atoms with Gasteiger partial charge in [-0.1, -0.05) is 12.1 Å². The predicted molar refractivity (Wildman–Crippen MR) is 115 cm³/mol. The fourth-order valence-electron chi connectivity index (χ4n) is 4.28. The van der Waals surface area contributed by atoms with E-state index in [4.69, 9.17) is 14.7 Å². The molecule has 0 atom stereocenters. The van der Waals surface area contributed by atoms with E-state index in [1.54, 1.807) is 28.6 Å². The second kappa shape index (κ2) is 8.49. The molecular formula is C21H29N5O3S. The molecule has 2 aliphatic rings. The molecule has 3 heterocycles. The minimum atomic E-state index is -3.59. The number of nitrogens with zero attached hydrogens (tertiary/aromatic N) is 4. The molecule has 4 rings (SSSR count). The topological polar surface area (TPSA) is 87.7 Å². The first-order chi connectivity index (χ1) is 14.4. The molecule has 1 fully saturated rings. The number of fused-ring (bicyclic) bond motifs is 1. The Kier molecular flexibility index (Phi) is 5.95. The van der Waals surface area contributed by atoms with Crippen LogP contribution in [0.1, 0.15) is 35.8 Å². The lowest BCUT2D eigenvalue weighted by Crippen LogP contribution is -2.38. The summed E-state index contributed by atoms with van der Waals surface area (Å²) in [5, 5.41) is 3.22. The van der Waals surface area contributed by atoms with Crippen LogP contribution in [-0.2, 0) is 23.0 Å². The van der Waals surface area contributed by atoms with Gasteiger partial charge in [-0.25, -0.2) is 18.4 Å². The van der Waals surface area contributed by atoms with E-state index in [1.807, 2.05) is 7.05 Å². The van der Waals surface area contributed by atoms with E-state index in [2.05, 4.69) is 17.3 Å². The highest BCUT2D eigenvalue weighted by molar-refractivity contribution is 7.89. The summed E-state index contributed by atoms with van der Waals surface area (Å²) >= 11 is 0. The van der Waals surface area contributed by atoms with E-state index < -0.39 is 10.0 Å². The molecule has 0 unspecified atom stereocenters. The summed E-state index contributed by atoms with van der Waals surface area (Å²) in [5.41, 5.74) is 2.29. The van der Waals surface area contributed by atoms with Crippen LogP contribution in [0.5, 0.6) is 5.75 Å². The number of aromatic nitrogens is 2. The van der Waals surface area contributed by atoms with Gasteiger partial charge in [-0.15, -0.1) is 0 Å². The average molecular weight is 432 g/mol. The van der Waals surface area contributed by atoms with Gasteiger partial charge < -0.3 is 15.0 Å². The Hall–Kier alpha value is -2.23. The van der Waals surface area contributed by atoms with Crippen LogP contribution in [-0.4, -0.2) is 68.4 Å². The number of anilines is 1. The maximum Gasteiger partial charge on any atom is 0.246 e. The Balaban J connectivity index is 1.52. The van der Waals surface area contributed by atoms with Crippen molar-refractivity contribution >= 4 is 15.8 Å². The minimum Gasteiger partial charge on any atom is -0.495 e. The van der Waals surface area contributed by atoms with Crippen molar-refractivity contribution in [3.63, 3.8) is 0 Å². The van der Waals surface area contributed by atoms with Crippen molar-refractivity contribution in [2.45, 2.75) is 36.6 Å². The molecule has 1 saturated heterocycles. The summed E-state index contributed by atoms with van der Waals surface area (Å²) < 4.78 is 33.1. The lowest BCUT2D eigenvalue weighted by Gasteiger charge is -2.32. The zero-order chi connectivity index (χ0) is 21.3. The van der Waals surface area contributed by atoms with Gasteiger partial charge in [-0.2, -0.15) is 4.31 Å². The van der Waals surface area contributed by atoms with Crippen molar-refractivity contribution in [2.24, 2.45) is 0 Å². The predicted octanol–water partition coefficient (Wildman–Crippen LogP) is 2.08.